The van der Waals surface area contributed by atoms with Crippen LogP contribution in [0.3, 0.4) is 0 Å². The lowest BCUT2D eigenvalue weighted by Crippen LogP contribution is -2.18. The summed E-state index contributed by atoms with van der Waals surface area (Å²) in [4.78, 5) is 5.90. The van der Waals surface area contributed by atoms with Crippen LogP contribution in [-0.2, 0) is 13.1 Å². The Morgan fingerprint density at radius 1 is 1.14 bits per heavy atom. The molecule has 0 bridgehead atoms. The third-order valence-corrected chi connectivity index (χ3v) is 3.35. The molecule has 0 spiro atoms. The van der Waals surface area contributed by atoms with E-state index in [4.69, 9.17) is 0 Å². The quantitative estimate of drug-likeness (QED) is 0.792. The third-order valence-electron chi connectivity index (χ3n) is 3.35. The number of aromatic nitrogens is 1. The van der Waals surface area contributed by atoms with Gasteiger partial charge >= 0.3 is 0 Å². The van der Waals surface area contributed by atoms with Gasteiger partial charge in [0.1, 0.15) is 5.82 Å². The molecule has 0 fully saturated rings. The van der Waals surface area contributed by atoms with Gasteiger partial charge < -0.3 is 10.2 Å². The predicted octanol–water partition coefficient (Wildman–Crippen LogP) is 3.36. The first-order valence-corrected chi connectivity index (χ1v) is 7.30. The summed E-state index contributed by atoms with van der Waals surface area (Å²) >= 11 is 0. The first-order chi connectivity index (χ1) is 10.2. The van der Waals surface area contributed by atoms with E-state index in [0.717, 1.165) is 24.1 Å². The van der Waals surface area contributed by atoms with E-state index in [9.17, 15) is 4.39 Å². The molecule has 112 valence electrons. The van der Waals surface area contributed by atoms with Crippen LogP contribution in [-0.4, -0.2) is 18.6 Å². The van der Waals surface area contributed by atoms with E-state index in [0.29, 0.717) is 18.8 Å². The van der Waals surface area contributed by atoms with Gasteiger partial charge in [-0.3, -0.25) is 4.98 Å². The van der Waals surface area contributed by atoms with Crippen molar-refractivity contribution in [2.24, 2.45) is 0 Å². The molecule has 2 aromatic rings. The zero-order valence-electron chi connectivity index (χ0n) is 12.6. The summed E-state index contributed by atoms with van der Waals surface area (Å²) in [6, 6.07) is 9.32. The van der Waals surface area contributed by atoms with Gasteiger partial charge in [-0.05, 0) is 48.4 Å². The Bertz CT molecular complexity index is 557. The number of anilines is 1. The Morgan fingerprint density at radius 2 is 1.90 bits per heavy atom. The normalized spacial score (nSPS) is 10.6. The molecule has 0 saturated carbocycles. The highest BCUT2D eigenvalue weighted by Gasteiger charge is 2.09. The maximum absolute atomic E-state index is 14.2. The maximum Gasteiger partial charge on any atom is 0.146 e. The minimum atomic E-state index is -0.178. The first-order valence-electron chi connectivity index (χ1n) is 7.30. The molecule has 2 rings (SSSR count). The van der Waals surface area contributed by atoms with E-state index >= 15 is 0 Å². The van der Waals surface area contributed by atoms with E-state index in [1.807, 2.05) is 36.2 Å². The van der Waals surface area contributed by atoms with Crippen molar-refractivity contribution >= 4 is 5.69 Å². The van der Waals surface area contributed by atoms with E-state index in [2.05, 4.69) is 17.2 Å². The molecule has 0 saturated heterocycles. The number of hydrogen-bond donors (Lipinski definition) is 1. The number of nitrogens with zero attached hydrogens (tertiary/aromatic N) is 2. The van der Waals surface area contributed by atoms with Crippen molar-refractivity contribution in [1.29, 1.82) is 0 Å². The lowest BCUT2D eigenvalue weighted by molar-refractivity contribution is 0.614. The number of rotatable bonds is 7. The fourth-order valence-electron chi connectivity index (χ4n) is 2.23. The Morgan fingerprint density at radius 3 is 2.57 bits per heavy atom. The zero-order valence-corrected chi connectivity index (χ0v) is 12.6. The highest BCUT2D eigenvalue weighted by Crippen LogP contribution is 2.21. The molecular formula is C17H22FN3. The Labute approximate surface area is 125 Å². The van der Waals surface area contributed by atoms with E-state index in [1.165, 1.54) is 0 Å². The standard InChI is InChI=1S/C17H22FN3/c1-3-8-20-12-15-4-5-17(16(18)11-15)21(2)13-14-6-9-19-10-7-14/h4-7,9-11,20H,3,8,12-13H2,1-2H3. The number of nitrogens with one attached hydrogen (secondary N) is 1. The summed E-state index contributed by atoms with van der Waals surface area (Å²) in [5.74, 6) is -0.178. The molecule has 0 aliphatic rings. The van der Waals surface area contributed by atoms with E-state index in [-0.39, 0.29) is 5.82 Å². The van der Waals surface area contributed by atoms with Crippen LogP contribution in [0.25, 0.3) is 0 Å². The van der Waals surface area contributed by atoms with Crippen molar-refractivity contribution in [2.75, 3.05) is 18.5 Å². The maximum atomic E-state index is 14.2. The van der Waals surface area contributed by atoms with E-state index < -0.39 is 0 Å². The van der Waals surface area contributed by atoms with Crippen LogP contribution in [0.1, 0.15) is 24.5 Å². The summed E-state index contributed by atoms with van der Waals surface area (Å²) < 4.78 is 14.2. The molecule has 0 aliphatic carbocycles. The van der Waals surface area contributed by atoms with Gasteiger partial charge in [-0.15, -0.1) is 0 Å². The smallest absolute Gasteiger partial charge is 0.146 e. The Balaban J connectivity index is 2.02. The second kappa shape index (κ2) is 7.74. The lowest BCUT2D eigenvalue weighted by Gasteiger charge is -2.20. The van der Waals surface area contributed by atoms with Crippen LogP contribution >= 0.6 is 0 Å². The number of benzene rings is 1. The molecule has 1 heterocycles. The van der Waals surface area contributed by atoms with Crippen molar-refractivity contribution in [3.63, 3.8) is 0 Å². The molecule has 1 aromatic carbocycles. The summed E-state index contributed by atoms with van der Waals surface area (Å²) in [6.45, 7) is 4.43. The Hall–Kier alpha value is -1.94. The van der Waals surface area contributed by atoms with Gasteiger partial charge in [-0.1, -0.05) is 13.0 Å². The van der Waals surface area contributed by atoms with Crippen LogP contribution in [0.15, 0.2) is 42.7 Å². The summed E-state index contributed by atoms with van der Waals surface area (Å²) in [5, 5.41) is 3.28. The van der Waals surface area contributed by atoms with Crippen LogP contribution < -0.4 is 10.2 Å². The average molecular weight is 287 g/mol. The fourth-order valence-corrected chi connectivity index (χ4v) is 2.23. The van der Waals surface area contributed by atoms with Gasteiger partial charge in [0.05, 0.1) is 5.69 Å². The topological polar surface area (TPSA) is 28.2 Å². The number of hydrogen-bond acceptors (Lipinski definition) is 3. The summed E-state index contributed by atoms with van der Waals surface area (Å²) in [5.41, 5.74) is 2.70. The van der Waals surface area contributed by atoms with Gasteiger partial charge in [0.25, 0.3) is 0 Å². The molecule has 1 N–H and O–H groups in total. The molecule has 1 aromatic heterocycles. The highest BCUT2D eigenvalue weighted by molar-refractivity contribution is 5.49. The molecule has 0 radical (unpaired) electrons. The monoisotopic (exact) mass is 287 g/mol. The van der Waals surface area contributed by atoms with Crippen molar-refractivity contribution < 1.29 is 4.39 Å². The van der Waals surface area contributed by atoms with Crippen LogP contribution in [0.5, 0.6) is 0 Å². The van der Waals surface area contributed by atoms with Gasteiger partial charge in [0.2, 0.25) is 0 Å². The molecule has 3 nitrogen and oxygen atoms in total. The molecule has 0 atom stereocenters. The second-order valence-corrected chi connectivity index (χ2v) is 5.17. The highest BCUT2D eigenvalue weighted by atomic mass is 19.1. The SMILES string of the molecule is CCCNCc1ccc(N(C)Cc2ccncc2)c(F)c1. The molecule has 4 heteroatoms. The number of pyridine rings is 1. The fraction of sp³-hybridized carbons (Fsp3) is 0.353. The van der Waals surface area contributed by atoms with Crippen molar-refractivity contribution in [1.82, 2.24) is 10.3 Å². The minimum Gasteiger partial charge on any atom is -0.368 e. The van der Waals surface area contributed by atoms with Gasteiger partial charge in [0, 0.05) is 32.5 Å². The molecule has 0 amide bonds. The molecular weight excluding hydrogens is 265 g/mol. The minimum absolute atomic E-state index is 0.178. The van der Waals surface area contributed by atoms with Gasteiger partial charge in [-0.25, -0.2) is 4.39 Å². The third kappa shape index (κ3) is 4.53. The van der Waals surface area contributed by atoms with Crippen molar-refractivity contribution in [2.45, 2.75) is 26.4 Å². The Kier molecular flexibility index (Phi) is 5.69. The lowest BCUT2D eigenvalue weighted by atomic mass is 10.1. The number of halogens is 1. The predicted molar refractivity (Wildman–Crippen MR) is 84.7 cm³/mol. The zero-order chi connectivity index (χ0) is 15.1. The van der Waals surface area contributed by atoms with Gasteiger partial charge in [-0.2, -0.15) is 0 Å². The van der Waals surface area contributed by atoms with Crippen molar-refractivity contribution in [3.05, 3.63) is 59.7 Å². The van der Waals surface area contributed by atoms with Crippen molar-refractivity contribution in [3.8, 4) is 0 Å². The van der Waals surface area contributed by atoms with Gasteiger partial charge in [0.15, 0.2) is 0 Å². The first kappa shape index (κ1) is 15.4. The van der Waals surface area contributed by atoms with E-state index in [1.54, 1.807) is 18.5 Å². The summed E-state index contributed by atoms with van der Waals surface area (Å²) in [6.07, 6.45) is 4.58. The van der Waals surface area contributed by atoms with Crippen LogP contribution in [0.2, 0.25) is 0 Å². The average Bonchev–Trinajstić information content (AvgIpc) is 2.48. The summed E-state index contributed by atoms with van der Waals surface area (Å²) in [7, 11) is 1.90. The largest absolute Gasteiger partial charge is 0.368 e. The molecule has 0 unspecified atom stereocenters. The molecule has 21 heavy (non-hydrogen) atoms. The molecule has 0 aliphatic heterocycles. The van der Waals surface area contributed by atoms with Crippen LogP contribution in [0.4, 0.5) is 10.1 Å². The van der Waals surface area contributed by atoms with Crippen LogP contribution in [0, 0.1) is 5.82 Å². The second-order valence-electron chi connectivity index (χ2n) is 5.17.